The predicted octanol–water partition coefficient (Wildman–Crippen LogP) is 3.12. The van der Waals surface area contributed by atoms with Gasteiger partial charge in [0.1, 0.15) is 5.75 Å². The largest absolute Gasteiger partial charge is 0.490 e. The molecule has 0 amide bonds. The van der Waals surface area contributed by atoms with Crippen LogP contribution in [0, 0.1) is 6.92 Å². The molecule has 2 fully saturated rings. The number of nitrogens with one attached hydrogen (secondary N) is 1. The summed E-state index contributed by atoms with van der Waals surface area (Å²) in [4.78, 5) is 2.47. The van der Waals surface area contributed by atoms with E-state index in [4.69, 9.17) is 4.74 Å². The van der Waals surface area contributed by atoms with E-state index in [0.717, 1.165) is 31.9 Å². The maximum absolute atomic E-state index is 6.15. The van der Waals surface area contributed by atoms with Crippen molar-refractivity contribution in [3.63, 3.8) is 0 Å². The number of anilines is 1. The zero-order valence-electron chi connectivity index (χ0n) is 12.5. The van der Waals surface area contributed by atoms with E-state index >= 15 is 0 Å². The Bertz CT molecular complexity index is 435. The van der Waals surface area contributed by atoms with E-state index in [-0.39, 0.29) is 0 Å². The van der Waals surface area contributed by atoms with E-state index in [1.54, 1.807) is 0 Å². The van der Waals surface area contributed by atoms with Gasteiger partial charge in [-0.2, -0.15) is 0 Å². The number of ether oxygens (including phenoxy) is 1. The maximum atomic E-state index is 6.15. The SMILES string of the molecule is Cc1cc(OC2CCCCC2)ccc1N1CCNCC1. The summed E-state index contributed by atoms with van der Waals surface area (Å²) in [5.74, 6) is 1.05. The van der Waals surface area contributed by atoms with Gasteiger partial charge in [0.2, 0.25) is 0 Å². The van der Waals surface area contributed by atoms with Gasteiger partial charge in [-0.15, -0.1) is 0 Å². The first-order valence-corrected chi connectivity index (χ1v) is 8.06. The quantitative estimate of drug-likeness (QED) is 0.916. The highest BCUT2D eigenvalue weighted by molar-refractivity contribution is 5.56. The Hall–Kier alpha value is -1.22. The molecule has 1 N–H and O–H groups in total. The molecular weight excluding hydrogens is 248 g/mol. The smallest absolute Gasteiger partial charge is 0.120 e. The molecule has 0 aromatic heterocycles. The van der Waals surface area contributed by atoms with E-state index in [9.17, 15) is 0 Å². The third-order valence-electron chi connectivity index (χ3n) is 4.48. The van der Waals surface area contributed by atoms with Gasteiger partial charge in [0, 0.05) is 31.9 Å². The van der Waals surface area contributed by atoms with Gasteiger partial charge in [0.25, 0.3) is 0 Å². The van der Waals surface area contributed by atoms with Crippen LogP contribution in [-0.2, 0) is 0 Å². The van der Waals surface area contributed by atoms with Crippen molar-refractivity contribution < 1.29 is 4.74 Å². The third kappa shape index (κ3) is 3.26. The Morgan fingerprint density at radius 3 is 2.55 bits per heavy atom. The lowest BCUT2D eigenvalue weighted by Crippen LogP contribution is -2.43. The number of rotatable bonds is 3. The lowest BCUT2D eigenvalue weighted by molar-refractivity contribution is 0.155. The van der Waals surface area contributed by atoms with Crippen LogP contribution in [0.5, 0.6) is 5.75 Å². The van der Waals surface area contributed by atoms with Crippen molar-refractivity contribution in [2.45, 2.75) is 45.1 Å². The van der Waals surface area contributed by atoms with E-state index < -0.39 is 0 Å². The molecule has 0 spiro atoms. The zero-order valence-corrected chi connectivity index (χ0v) is 12.5. The fourth-order valence-corrected chi connectivity index (χ4v) is 3.34. The van der Waals surface area contributed by atoms with Crippen molar-refractivity contribution in [2.75, 3.05) is 31.1 Å². The van der Waals surface area contributed by atoms with E-state index in [0.29, 0.717) is 6.10 Å². The first kappa shape index (κ1) is 13.7. The molecule has 0 radical (unpaired) electrons. The lowest BCUT2D eigenvalue weighted by atomic mass is 9.98. The van der Waals surface area contributed by atoms with Crippen molar-refractivity contribution in [2.24, 2.45) is 0 Å². The molecule has 1 aliphatic carbocycles. The summed E-state index contributed by atoms with van der Waals surface area (Å²) < 4.78 is 6.15. The molecule has 1 aromatic rings. The molecule has 0 bridgehead atoms. The fourth-order valence-electron chi connectivity index (χ4n) is 3.34. The highest BCUT2D eigenvalue weighted by atomic mass is 16.5. The highest BCUT2D eigenvalue weighted by Crippen LogP contribution is 2.28. The monoisotopic (exact) mass is 274 g/mol. The molecule has 0 atom stereocenters. The average Bonchev–Trinajstić information content (AvgIpc) is 2.49. The summed E-state index contributed by atoms with van der Waals surface area (Å²) >= 11 is 0. The van der Waals surface area contributed by atoms with Crippen LogP contribution in [0.15, 0.2) is 18.2 Å². The van der Waals surface area contributed by atoms with E-state index in [2.05, 4.69) is 35.3 Å². The molecule has 110 valence electrons. The van der Waals surface area contributed by atoms with Gasteiger partial charge >= 0.3 is 0 Å². The van der Waals surface area contributed by atoms with Crippen molar-refractivity contribution in [1.82, 2.24) is 5.32 Å². The van der Waals surface area contributed by atoms with Gasteiger partial charge in [-0.3, -0.25) is 0 Å². The first-order valence-electron chi connectivity index (χ1n) is 8.06. The first-order chi connectivity index (χ1) is 9.83. The number of hydrogen-bond donors (Lipinski definition) is 1. The minimum atomic E-state index is 0.438. The molecule has 1 saturated carbocycles. The zero-order chi connectivity index (χ0) is 13.8. The van der Waals surface area contributed by atoms with Crippen LogP contribution in [0.1, 0.15) is 37.7 Å². The van der Waals surface area contributed by atoms with Crippen molar-refractivity contribution in [3.8, 4) is 5.75 Å². The second kappa shape index (κ2) is 6.49. The van der Waals surface area contributed by atoms with Crippen LogP contribution in [0.2, 0.25) is 0 Å². The molecule has 3 heteroatoms. The van der Waals surface area contributed by atoms with Gasteiger partial charge in [-0.1, -0.05) is 6.42 Å². The highest BCUT2D eigenvalue weighted by Gasteiger charge is 2.16. The minimum Gasteiger partial charge on any atom is -0.490 e. The second-order valence-electron chi connectivity index (χ2n) is 6.06. The molecule has 1 aliphatic heterocycles. The molecule has 0 unspecified atom stereocenters. The summed E-state index contributed by atoms with van der Waals surface area (Å²) in [5, 5.41) is 3.40. The summed E-state index contributed by atoms with van der Waals surface area (Å²) in [6.45, 7) is 6.57. The number of aryl methyl sites for hydroxylation is 1. The molecule has 1 heterocycles. The molecule has 1 aromatic carbocycles. The normalized spacial score (nSPS) is 20.9. The van der Waals surface area contributed by atoms with Crippen LogP contribution < -0.4 is 15.0 Å². The van der Waals surface area contributed by atoms with Gasteiger partial charge in [-0.05, 0) is 56.4 Å². The molecule has 2 aliphatic rings. The third-order valence-corrected chi connectivity index (χ3v) is 4.48. The topological polar surface area (TPSA) is 24.5 Å². The number of nitrogens with zero attached hydrogens (tertiary/aromatic N) is 1. The van der Waals surface area contributed by atoms with Crippen molar-refractivity contribution >= 4 is 5.69 Å². The van der Waals surface area contributed by atoms with Gasteiger partial charge in [-0.25, -0.2) is 0 Å². The summed E-state index contributed by atoms with van der Waals surface area (Å²) in [6, 6.07) is 6.60. The van der Waals surface area contributed by atoms with Crippen LogP contribution >= 0.6 is 0 Å². The van der Waals surface area contributed by atoms with Crippen molar-refractivity contribution in [1.29, 1.82) is 0 Å². The van der Waals surface area contributed by atoms with Crippen LogP contribution in [-0.4, -0.2) is 32.3 Å². The second-order valence-corrected chi connectivity index (χ2v) is 6.06. The Morgan fingerprint density at radius 1 is 1.10 bits per heavy atom. The lowest BCUT2D eigenvalue weighted by Gasteiger charge is -2.31. The molecular formula is C17H26N2O. The van der Waals surface area contributed by atoms with Crippen LogP contribution in [0.3, 0.4) is 0 Å². The molecule has 20 heavy (non-hydrogen) atoms. The van der Waals surface area contributed by atoms with E-state index in [1.165, 1.54) is 43.4 Å². The maximum Gasteiger partial charge on any atom is 0.120 e. The Morgan fingerprint density at radius 2 is 1.85 bits per heavy atom. The molecule has 3 rings (SSSR count). The van der Waals surface area contributed by atoms with Gasteiger partial charge in [0.15, 0.2) is 0 Å². The number of benzene rings is 1. The number of piperazine rings is 1. The minimum absolute atomic E-state index is 0.438. The Kier molecular flexibility index (Phi) is 4.46. The van der Waals surface area contributed by atoms with Crippen LogP contribution in [0.4, 0.5) is 5.69 Å². The van der Waals surface area contributed by atoms with Gasteiger partial charge < -0.3 is 15.0 Å². The predicted molar refractivity (Wildman–Crippen MR) is 83.8 cm³/mol. The Labute approximate surface area is 122 Å². The summed E-state index contributed by atoms with van der Waals surface area (Å²) in [7, 11) is 0. The van der Waals surface area contributed by atoms with E-state index in [1.807, 2.05) is 0 Å². The summed E-state index contributed by atoms with van der Waals surface area (Å²) in [6.07, 6.45) is 6.90. The fraction of sp³-hybridized carbons (Fsp3) is 0.647. The standard InChI is InChI=1S/C17H26N2O/c1-14-13-16(20-15-5-3-2-4-6-15)7-8-17(14)19-11-9-18-10-12-19/h7-8,13,15,18H,2-6,9-12H2,1H3. The average molecular weight is 274 g/mol. The molecule has 3 nitrogen and oxygen atoms in total. The Balaban J connectivity index is 1.66. The van der Waals surface area contributed by atoms with Crippen molar-refractivity contribution in [3.05, 3.63) is 23.8 Å². The van der Waals surface area contributed by atoms with Gasteiger partial charge in [0.05, 0.1) is 6.10 Å². The number of hydrogen-bond acceptors (Lipinski definition) is 3. The van der Waals surface area contributed by atoms with Crippen LogP contribution in [0.25, 0.3) is 0 Å². The summed E-state index contributed by atoms with van der Waals surface area (Å²) in [5.41, 5.74) is 2.70. The molecule has 1 saturated heterocycles.